The molecule has 0 radical (unpaired) electrons. The maximum absolute atomic E-state index is 10.8. The third-order valence-electron chi connectivity index (χ3n) is 1.37. The molecule has 0 aromatic rings. The lowest BCUT2D eigenvalue weighted by Gasteiger charge is -2.05. The van der Waals surface area contributed by atoms with E-state index in [1.165, 1.54) is 12.2 Å². The van der Waals surface area contributed by atoms with Crippen molar-refractivity contribution in [1.82, 2.24) is 0 Å². The van der Waals surface area contributed by atoms with Crippen LogP contribution in [0.25, 0.3) is 0 Å². The summed E-state index contributed by atoms with van der Waals surface area (Å²) in [6, 6.07) is 0. The Bertz CT molecular complexity index is 235. The molecule has 0 fully saturated rings. The lowest BCUT2D eigenvalue weighted by atomic mass is 10.5. The van der Waals surface area contributed by atoms with Crippen molar-refractivity contribution in [2.24, 2.45) is 0 Å². The van der Waals surface area contributed by atoms with Gasteiger partial charge in [-0.05, 0) is 0 Å². The number of hydrogen-bond donors (Lipinski definition) is 0. The average Bonchev–Trinajstić information content (AvgIpc) is 2.33. The van der Waals surface area contributed by atoms with Gasteiger partial charge in [-0.15, -0.1) is 0 Å². The Balaban J connectivity index is 3.33. The van der Waals surface area contributed by atoms with Crippen LogP contribution in [0.15, 0.2) is 25.3 Å². The predicted octanol–water partition coefficient (Wildman–Crippen LogP) is 2.05. The first-order valence-corrected chi connectivity index (χ1v) is 5.01. The van der Waals surface area contributed by atoms with Crippen LogP contribution < -0.4 is 0 Å². The Morgan fingerprint density at radius 2 is 1.24 bits per heavy atom. The molecule has 0 aliphatic heterocycles. The molecular weight excluding hydrogens is 228 g/mol. The zero-order valence-corrected chi connectivity index (χ0v) is 9.55. The Labute approximate surface area is 99.8 Å². The van der Waals surface area contributed by atoms with Gasteiger partial charge in [0.05, 0.1) is 13.2 Å². The molecule has 6 heteroatoms. The van der Waals surface area contributed by atoms with Crippen molar-refractivity contribution in [3.8, 4) is 0 Å². The second kappa shape index (κ2) is 10.5. The van der Waals surface area contributed by atoms with Crippen LogP contribution in [0.1, 0.15) is 6.42 Å². The van der Waals surface area contributed by atoms with Gasteiger partial charge in [-0.3, -0.25) is 0 Å². The molecule has 0 N–H and O–H groups in total. The van der Waals surface area contributed by atoms with E-state index in [1.54, 1.807) is 0 Å². The highest BCUT2D eigenvalue weighted by molar-refractivity contribution is 5.60. The van der Waals surface area contributed by atoms with Crippen molar-refractivity contribution in [2.45, 2.75) is 6.42 Å². The Hall–Kier alpha value is -1.98. The van der Waals surface area contributed by atoms with Crippen molar-refractivity contribution >= 4 is 12.3 Å². The summed E-state index contributed by atoms with van der Waals surface area (Å²) in [4.78, 5) is 21.6. The van der Waals surface area contributed by atoms with Crippen LogP contribution >= 0.6 is 0 Å². The van der Waals surface area contributed by atoms with Gasteiger partial charge < -0.3 is 18.9 Å². The number of ether oxygens (including phenoxy) is 4. The van der Waals surface area contributed by atoms with Crippen LogP contribution in [0, 0.1) is 0 Å². The highest BCUT2D eigenvalue weighted by Gasteiger charge is 2.04. The molecule has 0 saturated heterocycles. The molecule has 6 nitrogen and oxygen atoms in total. The van der Waals surface area contributed by atoms with Crippen molar-refractivity contribution in [2.75, 3.05) is 26.4 Å². The molecule has 0 spiro atoms. The minimum Gasteiger partial charge on any atom is -0.434 e. The first-order chi connectivity index (χ1) is 8.20. The summed E-state index contributed by atoms with van der Waals surface area (Å²) in [5, 5.41) is 0. The fourth-order valence-electron chi connectivity index (χ4n) is 0.707. The fourth-order valence-corrected chi connectivity index (χ4v) is 0.707. The maximum Gasteiger partial charge on any atom is 0.508 e. The number of rotatable bonds is 8. The lowest BCUT2D eigenvalue weighted by molar-refractivity contribution is 0.0439. The Kier molecular flexibility index (Phi) is 9.31. The normalized spacial score (nSPS) is 8.94. The molecule has 0 atom stereocenters. The van der Waals surface area contributed by atoms with Gasteiger partial charge in [-0.1, -0.05) is 25.3 Å². The van der Waals surface area contributed by atoms with Gasteiger partial charge in [0, 0.05) is 6.42 Å². The largest absolute Gasteiger partial charge is 0.508 e. The fraction of sp³-hybridized carbons (Fsp3) is 0.455. The molecule has 0 aliphatic rings. The molecule has 0 saturated carbocycles. The van der Waals surface area contributed by atoms with E-state index in [9.17, 15) is 9.59 Å². The molecule has 0 aromatic heterocycles. The second-order valence-electron chi connectivity index (χ2n) is 2.75. The Morgan fingerprint density at radius 3 is 1.59 bits per heavy atom. The first-order valence-electron chi connectivity index (χ1n) is 5.01. The molecule has 0 unspecified atom stereocenters. The third-order valence-corrected chi connectivity index (χ3v) is 1.37. The summed E-state index contributed by atoms with van der Waals surface area (Å²) >= 11 is 0. The van der Waals surface area contributed by atoms with E-state index in [-0.39, 0.29) is 26.4 Å². The zero-order valence-electron chi connectivity index (χ0n) is 9.55. The van der Waals surface area contributed by atoms with Crippen LogP contribution in [-0.4, -0.2) is 38.7 Å². The smallest absolute Gasteiger partial charge is 0.434 e. The molecule has 0 bridgehead atoms. The van der Waals surface area contributed by atoms with E-state index in [1.807, 2.05) is 0 Å². The van der Waals surface area contributed by atoms with Gasteiger partial charge in [0.25, 0.3) is 0 Å². The molecule has 0 aliphatic carbocycles. The molecule has 0 rings (SSSR count). The van der Waals surface area contributed by atoms with Gasteiger partial charge >= 0.3 is 12.3 Å². The first kappa shape index (κ1) is 15.0. The molecule has 17 heavy (non-hydrogen) atoms. The average molecular weight is 244 g/mol. The highest BCUT2D eigenvalue weighted by Crippen LogP contribution is 1.92. The van der Waals surface area contributed by atoms with Gasteiger partial charge in [-0.25, -0.2) is 9.59 Å². The van der Waals surface area contributed by atoms with Crippen LogP contribution in [0.2, 0.25) is 0 Å². The topological polar surface area (TPSA) is 71.1 Å². The van der Waals surface area contributed by atoms with Gasteiger partial charge in [0.1, 0.15) is 13.2 Å². The van der Waals surface area contributed by atoms with Gasteiger partial charge in [0.2, 0.25) is 0 Å². The van der Waals surface area contributed by atoms with E-state index < -0.39 is 12.3 Å². The van der Waals surface area contributed by atoms with Crippen LogP contribution in [0.5, 0.6) is 0 Å². The monoisotopic (exact) mass is 244 g/mol. The van der Waals surface area contributed by atoms with Crippen LogP contribution in [0.3, 0.4) is 0 Å². The predicted molar refractivity (Wildman–Crippen MR) is 59.6 cm³/mol. The molecule has 0 heterocycles. The van der Waals surface area contributed by atoms with Crippen molar-refractivity contribution in [3.05, 3.63) is 25.3 Å². The third kappa shape index (κ3) is 10.3. The van der Waals surface area contributed by atoms with Gasteiger partial charge in [-0.2, -0.15) is 0 Å². The summed E-state index contributed by atoms with van der Waals surface area (Å²) in [6.45, 7) is 7.15. The second-order valence-corrected chi connectivity index (χ2v) is 2.75. The van der Waals surface area contributed by atoms with E-state index >= 15 is 0 Å². The van der Waals surface area contributed by atoms with Crippen molar-refractivity contribution in [1.29, 1.82) is 0 Å². The standard InChI is InChI=1S/C11H16O6/c1-3-6-14-10(12)16-8-5-9-17-11(13)15-7-4-2/h3-4H,1-2,5-9H2. The maximum atomic E-state index is 10.8. The molecule has 0 aromatic carbocycles. The quantitative estimate of drug-likeness (QED) is 0.369. The number of hydrogen-bond acceptors (Lipinski definition) is 6. The number of carbonyl (C=O) groups excluding carboxylic acids is 2. The summed E-state index contributed by atoms with van der Waals surface area (Å²) in [5.41, 5.74) is 0. The van der Waals surface area contributed by atoms with Gasteiger partial charge in [0.15, 0.2) is 0 Å². The Morgan fingerprint density at radius 1 is 0.824 bits per heavy atom. The van der Waals surface area contributed by atoms with E-state index in [0.717, 1.165) is 0 Å². The van der Waals surface area contributed by atoms with Crippen molar-refractivity contribution < 1.29 is 28.5 Å². The molecule has 0 amide bonds. The summed E-state index contributed by atoms with van der Waals surface area (Å²) in [7, 11) is 0. The summed E-state index contributed by atoms with van der Waals surface area (Å²) < 4.78 is 18.4. The lowest BCUT2D eigenvalue weighted by Crippen LogP contribution is -2.12. The van der Waals surface area contributed by atoms with Crippen LogP contribution in [-0.2, 0) is 18.9 Å². The highest BCUT2D eigenvalue weighted by atomic mass is 16.7. The molecular formula is C11H16O6. The number of carbonyl (C=O) groups is 2. The SMILES string of the molecule is C=CCOC(=O)OCCCOC(=O)OCC=C. The van der Waals surface area contributed by atoms with Crippen LogP contribution in [0.4, 0.5) is 9.59 Å². The van der Waals surface area contributed by atoms with E-state index in [4.69, 9.17) is 0 Å². The van der Waals surface area contributed by atoms with E-state index in [0.29, 0.717) is 6.42 Å². The minimum atomic E-state index is -0.779. The summed E-state index contributed by atoms with van der Waals surface area (Å²) in [5.74, 6) is 0. The molecule has 96 valence electrons. The van der Waals surface area contributed by atoms with E-state index in [2.05, 4.69) is 32.1 Å². The summed E-state index contributed by atoms with van der Waals surface area (Å²) in [6.07, 6.45) is 1.67. The zero-order chi connectivity index (χ0) is 12.9. The van der Waals surface area contributed by atoms with Crippen molar-refractivity contribution in [3.63, 3.8) is 0 Å². The minimum absolute atomic E-state index is 0.100.